The number of furan rings is 1. The second-order valence-electron chi connectivity index (χ2n) is 8.16. The number of halogens is 1. The van der Waals surface area contributed by atoms with E-state index in [0.29, 0.717) is 34.2 Å². The normalized spacial score (nSPS) is 10.9. The van der Waals surface area contributed by atoms with E-state index in [1.54, 1.807) is 79.7 Å². The van der Waals surface area contributed by atoms with Gasteiger partial charge in [-0.3, -0.25) is 9.59 Å². The zero-order valence-electron chi connectivity index (χ0n) is 21.3. The van der Waals surface area contributed by atoms with Gasteiger partial charge in [0.05, 0.1) is 19.1 Å². The molecule has 1 heterocycles. The molecule has 1 aromatic heterocycles. The average molecular weight is 558 g/mol. The highest BCUT2D eigenvalue weighted by molar-refractivity contribution is 6.30. The molecule has 0 atom stereocenters. The monoisotopic (exact) mass is 557 g/mol. The van der Waals surface area contributed by atoms with Crippen molar-refractivity contribution in [3.05, 3.63) is 119 Å². The minimum absolute atomic E-state index is 0.154. The summed E-state index contributed by atoms with van der Waals surface area (Å²) in [6.45, 7) is 2.15. The molecule has 4 rings (SSSR count). The Bertz CT molecular complexity index is 1550. The fraction of sp³-hybridized carbons (Fsp3) is 0.0667. The Kier molecular flexibility index (Phi) is 9.47. The summed E-state index contributed by atoms with van der Waals surface area (Å²) in [4.78, 5) is 37.1. The zero-order valence-corrected chi connectivity index (χ0v) is 22.1. The Balaban J connectivity index is 1.36. The Hall–Kier alpha value is -5.15. The first kappa shape index (κ1) is 27.9. The van der Waals surface area contributed by atoms with E-state index in [-0.39, 0.29) is 11.5 Å². The van der Waals surface area contributed by atoms with E-state index >= 15 is 0 Å². The van der Waals surface area contributed by atoms with Crippen LogP contribution in [0.1, 0.15) is 39.0 Å². The molecule has 2 N–H and O–H groups in total. The van der Waals surface area contributed by atoms with Crippen LogP contribution in [0.4, 0.5) is 5.69 Å². The van der Waals surface area contributed by atoms with Crippen LogP contribution in [0.25, 0.3) is 6.08 Å². The van der Waals surface area contributed by atoms with E-state index in [9.17, 15) is 14.4 Å². The largest absolute Gasteiger partial charge is 0.490 e. The van der Waals surface area contributed by atoms with E-state index in [1.807, 2.05) is 0 Å². The van der Waals surface area contributed by atoms with E-state index in [1.165, 1.54) is 30.7 Å². The number of carbonyl (C=O) groups excluding carboxylic acids is 3. The van der Waals surface area contributed by atoms with Gasteiger partial charge in [-0.2, -0.15) is 5.10 Å². The molecule has 0 spiro atoms. The van der Waals surface area contributed by atoms with Gasteiger partial charge < -0.3 is 19.2 Å². The van der Waals surface area contributed by atoms with Crippen LogP contribution in [0.5, 0.6) is 11.5 Å². The minimum Gasteiger partial charge on any atom is -0.490 e. The molecule has 9 nitrogen and oxygen atoms in total. The molecule has 0 unspecified atom stereocenters. The third kappa shape index (κ3) is 7.92. The molecule has 0 aliphatic carbocycles. The zero-order chi connectivity index (χ0) is 28.3. The van der Waals surface area contributed by atoms with Crippen LogP contribution in [0, 0.1) is 0 Å². The number of carbonyl (C=O) groups is 3. The highest BCUT2D eigenvalue weighted by atomic mass is 35.5. The Morgan fingerprint density at radius 3 is 2.48 bits per heavy atom. The third-order valence-electron chi connectivity index (χ3n) is 5.27. The van der Waals surface area contributed by atoms with Crippen LogP contribution in [0.15, 0.2) is 101 Å². The number of nitrogens with zero attached hydrogens (tertiary/aromatic N) is 1. The van der Waals surface area contributed by atoms with Gasteiger partial charge in [-0.05, 0) is 84.8 Å². The smallest absolute Gasteiger partial charge is 0.336 e. The van der Waals surface area contributed by atoms with Gasteiger partial charge in [-0.15, -0.1) is 0 Å². The fourth-order valence-electron chi connectivity index (χ4n) is 3.41. The van der Waals surface area contributed by atoms with Gasteiger partial charge in [0.15, 0.2) is 17.3 Å². The number of benzene rings is 3. The second kappa shape index (κ2) is 13.6. The summed E-state index contributed by atoms with van der Waals surface area (Å²) in [5, 5.41) is 7.27. The van der Waals surface area contributed by atoms with Gasteiger partial charge in [-0.1, -0.05) is 29.8 Å². The maximum atomic E-state index is 12.6. The van der Waals surface area contributed by atoms with E-state index in [4.69, 9.17) is 25.5 Å². The lowest BCUT2D eigenvalue weighted by Crippen LogP contribution is -2.18. The van der Waals surface area contributed by atoms with Crippen molar-refractivity contribution in [2.75, 3.05) is 11.9 Å². The summed E-state index contributed by atoms with van der Waals surface area (Å²) in [6, 6.07) is 21.4. The van der Waals surface area contributed by atoms with Gasteiger partial charge in [0, 0.05) is 22.3 Å². The summed E-state index contributed by atoms with van der Waals surface area (Å²) in [5.74, 6) is -0.757. The number of nitrogens with one attached hydrogen (secondary N) is 2. The Labute approximate surface area is 235 Å². The molecular formula is C30H24ClN3O6. The lowest BCUT2D eigenvalue weighted by Gasteiger charge is -2.10. The van der Waals surface area contributed by atoms with Crippen molar-refractivity contribution in [2.45, 2.75) is 6.92 Å². The number of ether oxygens (including phenoxy) is 2. The number of rotatable bonds is 10. The molecule has 4 aromatic rings. The number of amides is 2. The van der Waals surface area contributed by atoms with E-state index in [0.717, 1.165) is 5.56 Å². The topological polar surface area (TPSA) is 119 Å². The van der Waals surface area contributed by atoms with E-state index < -0.39 is 17.8 Å². The molecule has 0 radical (unpaired) electrons. The van der Waals surface area contributed by atoms with E-state index in [2.05, 4.69) is 15.8 Å². The Morgan fingerprint density at radius 2 is 1.73 bits per heavy atom. The molecule has 0 saturated carbocycles. The molecule has 40 heavy (non-hydrogen) atoms. The fourth-order valence-corrected chi connectivity index (χ4v) is 3.53. The summed E-state index contributed by atoms with van der Waals surface area (Å²) in [7, 11) is 0. The highest BCUT2D eigenvalue weighted by Crippen LogP contribution is 2.28. The number of anilines is 1. The minimum atomic E-state index is -0.577. The molecule has 202 valence electrons. The first-order valence-electron chi connectivity index (χ1n) is 12.1. The van der Waals surface area contributed by atoms with Gasteiger partial charge in [-0.25, -0.2) is 10.2 Å². The molecule has 0 fully saturated rings. The van der Waals surface area contributed by atoms with Crippen LogP contribution in [-0.2, 0) is 4.79 Å². The van der Waals surface area contributed by atoms with Gasteiger partial charge >= 0.3 is 5.97 Å². The van der Waals surface area contributed by atoms with Crippen molar-refractivity contribution in [3.8, 4) is 11.5 Å². The molecule has 0 bridgehead atoms. The summed E-state index contributed by atoms with van der Waals surface area (Å²) in [6.07, 6.45) is 5.75. The molecule has 3 aromatic carbocycles. The SMILES string of the molecule is CCOc1cc(C=NNC(=O)c2cccc(NC(=O)c3ccco3)c2)ccc1OC(=O)/C=C/c1ccc(Cl)cc1. The van der Waals surface area contributed by atoms with Crippen LogP contribution < -0.4 is 20.2 Å². The second-order valence-corrected chi connectivity index (χ2v) is 8.59. The number of esters is 1. The Morgan fingerprint density at radius 1 is 0.925 bits per heavy atom. The molecule has 0 saturated heterocycles. The number of hydrazone groups is 1. The van der Waals surface area contributed by atoms with Crippen molar-refractivity contribution in [1.82, 2.24) is 5.43 Å². The summed E-state index contributed by atoms with van der Waals surface area (Å²) < 4.78 is 16.1. The third-order valence-corrected chi connectivity index (χ3v) is 5.52. The maximum absolute atomic E-state index is 12.6. The molecule has 0 aliphatic rings. The maximum Gasteiger partial charge on any atom is 0.336 e. The summed E-state index contributed by atoms with van der Waals surface area (Å²) in [5.41, 5.74) is 4.55. The lowest BCUT2D eigenvalue weighted by atomic mass is 10.2. The van der Waals surface area contributed by atoms with Crippen LogP contribution in [0.3, 0.4) is 0 Å². The van der Waals surface area contributed by atoms with Crippen molar-refractivity contribution < 1.29 is 28.3 Å². The van der Waals surface area contributed by atoms with Crippen molar-refractivity contribution in [2.24, 2.45) is 5.10 Å². The predicted molar refractivity (Wildman–Crippen MR) is 152 cm³/mol. The number of hydrogen-bond acceptors (Lipinski definition) is 7. The van der Waals surface area contributed by atoms with Crippen LogP contribution >= 0.6 is 11.6 Å². The van der Waals surface area contributed by atoms with Crippen LogP contribution in [0.2, 0.25) is 5.02 Å². The van der Waals surface area contributed by atoms with Gasteiger partial charge in [0.1, 0.15) is 0 Å². The first-order valence-corrected chi connectivity index (χ1v) is 12.5. The quantitative estimate of drug-likeness (QED) is 0.0815. The molecular weight excluding hydrogens is 534 g/mol. The van der Waals surface area contributed by atoms with Crippen molar-refractivity contribution >= 4 is 47.4 Å². The standard InChI is InChI=1S/C30H24ClN3O6/c1-2-38-27-17-21(10-14-25(27)40-28(35)15-11-20-8-12-23(31)13-9-20)19-32-34-29(36)22-5-3-6-24(18-22)33-30(37)26-7-4-16-39-26/h3-19H,2H2,1H3,(H,33,37)(H,34,36)/b15-11+,32-19?. The predicted octanol–water partition coefficient (Wildman–Crippen LogP) is 5.97. The van der Waals surface area contributed by atoms with Crippen LogP contribution in [-0.4, -0.2) is 30.6 Å². The number of hydrogen-bond donors (Lipinski definition) is 2. The first-order chi connectivity index (χ1) is 19.4. The van der Waals surface area contributed by atoms with Crippen molar-refractivity contribution in [3.63, 3.8) is 0 Å². The molecule has 0 aliphatic heterocycles. The highest BCUT2D eigenvalue weighted by Gasteiger charge is 2.12. The molecule has 10 heteroatoms. The lowest BCUT2D eigenvalue weighted by molar-refractivity contribution is -0.129. The molecule has 2 amide bonds. The van der Waals surface area contributed by atoms with Gasteiger partial charge in [0.25, 0.3) is 11.8 Å². The summed E-state index contributed by atoms with van der Waals surface area (Å²) >= 11 is 5.88. The van der Waals surface area contributed by atoms with Crippen molar-refractivity contribution in [1.29, 1.82) is 0 Å². The average Bonchev–Trinajstić information content (AvgIpc) is 3.50. The van der Waals surface area contributed by atoms with Gasteiger partial charge in [0.2, 0.25) is 0 Å².